The van der Waals surface area contributed by atoms with E-state index in [1.807, 2.05) is 0 Å². The van der Waals surface area contributed by atoms with Crippen molar-refractivity contribution < 1.29 is 22.5 Å². The maximum absolute atomic E-state index is 11.0. The molecule has 19 heavy (non-hydrogen) atoms. The average Bonchev–Trinajstić information content (AvgIpc) is 2.33. The zero-order valence-electron chi connectivity index (χ0n) is 10.4. The van der Waals surface area contributed by atoms with Crippen molar-refractivity contribution >= 4 is 27.7 Å². The molecule has 0 amide bonds. The molecule has 1 atom stereocenters. The number of ether oxygens (including phenoxy) is 1. The van der Waals surface area contributed by atoms with E-state index in [4.69, 9.17) is 20.9 Å². The van der Waals surface area contributed by atoms with Gasteiger partial charge in [0.2, 0.25) is 0 Å². The van der Waals surface area contributed by atoms with Gasteiger partial charge in [-0.1, -0.05) is 12.1 Å². The highest BCUT2D eigenvalue weighted by molar-refractivity contribution is 7.85. The molecule has 1 rings (SSSR count). The molecule has 106 valence electrons. The molecule has 0 heterocycles. The Morgan fingerprint density at radius 1 is 1.37 bits per heavy atom. The van der Waals surface area contributed by atoms with Gasteiger partial charge in [-0.15, -0.1) is 11.6 Å². The number of carbonyl (C=O) groups is 1. The molecule has 7 heteroatoms. The molecule has 0 aromatic heterocycles. The summed E-state index contributed by atoms with van der Waals surface area (Å²) < 4.78 is 35.9. The summed E-state index contributed by atoms with van der Waals surface area (Å²) in [7, 11) is -4.21. The fourth-order valence-electron chi connectivity index (χ4n) is 1.61. The fraction of sp³-hybridized carbons (Fsp3) is 0.417. The molecule has 1 aromatic carbocycles. The van der Waals surface area contributed by atoms with Crippen LogP contribution in [0.4, 0.5) is 0 Å². The van der Waals surface area contributed by atoms with Crippen LogP contribution in [0.2, 0.25) is 0 Å². The number of carbonyl (C=O) groups excluding carboxylic acids is 1. The first-order valence-electron chi connectivity index (χ1n) is 5.65. The van der Waals surface area contributed by atoms with E-state index < -0.39 is 22.2 Å². The summed E-state index contributed by atoms with van der Waals surface area (Å²) in [5, 5.41) is 0. The Bertz CT molecular complexity index is 524. The molecule has 1 N–H and O–H groups in total. The predicted molar refractivity (Wildman–Crippen MR) is 70.7 cm³/mol. The highest BCUT2D eigenvalue weighted by Crippen LogP contribution is 2.24. The second-order valence-corrected chi connectivity index (χ2v) is 5.77. The van der Waals surface area contributed by atoms with Gasteiger partial charge in [0.05, 0.1) is 4.90 Å². The smallest absolute Gasteiger partial charge is 0.303 e. The molecular weight excluding hydrogens is 292 g/mol. The summed E-state index contributed by atoms with van der Waals surface area (Å²) in [6.45, 7) is 1.31. The van der Waals surface area contributed by atoms with Crippen molar-refractivity contribution in [2.75, 3.05) is 5.88 Å². The molecule has 0 saturated heterocycles. The third kappa shape index (κ3) is 5.18. The Hall–Kier alpha value is -1.11. The quantitative estimate of drug-likeness (QED) is 0.496. The Balaban J connectivity index is 2.93. The van der Waals surface area contributed by atoms with Crippen molar-refractivity contribution in [2.45, 2.75) is 30.8 Å². The molecule has 0 saturated carbocycles. The van der Waals surface area contributed by atoms with Gasteiger partial charge < -0.3 is 4.74 Å². The monoisotopic (exact) mass is 306 g/mol. The van der Waals surface area contributed by atoms with Crippen molar-refractivity contribution in [3.8, 4) is 0 Å². The van der Waals surface area contributed by atoms with Gasteiger partial charge in [0, 0.05) is 12.8 Å². The standard InChI is InChI=1S/C12H15ClO5S/c1-9(14)18-12(3-2-8-13)10-4-6-11(7-5-10)19(15,16)17/h4-7,12H,2-3,8H2,1H3,(H,15,16,17). The number of esters is 1. The van der Waals surface area contributed by atoms with Gasteiger partial charge in [-0.3, -0.25) is 9.35 Å². The molecule has 1 aromatic rings. The Kier molecular flexibility index (Phi) is 5.78. The van der Waals surface area contributed by atoms with Gasteiger partial charge in [-0.05, 0) is 30.5 Å². The molecule has 0 aliphatic rings. The molecule has 0 bridgehead atoms. The molecule has 0 radical (unpaired) electrons. The fourth-order valence-corrected chi connectivity index (χ4v) is 2.25. The molecule has 5 nitrogen and oxygen atoms in total. The zero-order valence-corrected chi connectivity index (χ0v) is 11.9. The number of halogens is 1. The molecule has 0 aliphatic carbocycles. The normalized spacial score (nSPS) is 13.0. The Labute approximate surface area is 117 Å². The van der Waals surface area contributed by atoms with Crippen LogP contribution in [0.15, 0.2) is 29.2 Å². The minimum atomic E-state index is -4.21. The Morgan fingerprint density at radius 2 is 1.95 bits per heavy atom. The lowest BCUT2D eigenvalue weighted by molar-refractivity contribution is -0.147. The van der Waals surface area contributed by atoms with E-state index in [2.05, 4.69) is 0 Å². The number of hydrogen-bond acceptors (Lipinski definition) is 4. The van der Waals surface area contributed by atoms with Gasteiger partial charge in [-0.2, -0.15) is 8.42 Å². The van der Waals surface area contributed by atoms with Crippen LogP contribution in [0.25, 0.3) is 0 Å². The zero-order chi connectivity index (χ0) is 14.5. The summed E-state index contributed by atoms with van der Waals surface area (Å²) >= 11 is 5.60. The van der Waals surface area contributed by atoms with E-state index >= 15 is 0 Å². The summed E-state index contributed by atoms with van der Waals surface area (Å²) in [6.07, 6.45) is 0.750. The molecule has 0 aliphatic heterocycles. The van der Waals surface area contributed by atoms with E-state index in [9.17, 15) is 13.2 Å². The second kappa shape index (κ2) is 6.88. The van der Waals surface area contributed by atoms with Crippen molar-refractivity contribution in [2.24, 2.45) is 0 Å². The second-order valence-electron chi connectivity index (χ2n) is 3.97. The van der Waals surface area contributed by atoms with Crippen LogP contribution in [-0.2, 0) is 19.6 Å². The maximum Gasteiger partial charge on any atom is 0.303 e. The number of rotatable bonds is 6. The molecule has 1 unspecified atom stereocenters. The van der Waals surface area contributed by atoms with Crippen molar-refractivity contribution in [3.05, 3.63) is 29.8 Å². The van der Waals surface area contributed by atoms with Crippen LogP contribution in [0.1, 0.15) is 31.4 Å². The summed E-state index contributed by atoms with van der Waals surface area (Å²) in [5.74, 6) is 0.0272. The molecule has 0 fully saturated rings. The minimum absolute atomic E-state index is 0.199. The van der Waals surface area contributed by atoms with E-state index in [0.29, 0.717) is 24.3 Å². The predicted octanol–water partition coefficient (Wildman–Crippen LogP) is 2.56. The topological polar surface area (TPSA) is 80.7 Å². The third-order valence-electron chi connectivity index (χ3n) is 2.46. The minimum Gasteiger partial charge on any atom is -0.458 e. The van der Waals surface area contributed by atoms with Crippen molar-refractivity contribution in [3.63, 3.8) is 0 Å². The lowest BCUT2D eigenvalue weighted by Crippen LogP contribution is -2.09. The number of benzene rings is 1. The van der Waals surface area contributed by atoms with E-state index in [0.717, 1.165) is 0 Å². The van der Waals surface area contributed by atoms with Crippen LogP contribution in [0.3, 0.4) is 0 Å². The first-order chi connectivity index (χ1) is 8.84. The highest BCUT2D eigenvalue weighted by atomic mass is 35.5. The van der Waals surface area contributed by atoms with Crippen molar-refractivity contribution in [1.82, 2.24) is 0 Å². The van der Waals surface area contributed by atoms with Crippen LogP contribution < -0.4 is 0 Å². The van der Waals surface area contributed by atoms with E-state index in [1.165, 1.54) is 31.2 Å². The van der Waals surface area contributed by atoms with Gasteiger partial charge in [0.25, 0.3) is 10.1 Å². The summed E-state index contributed by atoms with van der Waals surface area (Å²) in [6, 6.07) is 5.54. The van der Waals surface area contributed by atoms with Crippen LogP contribution in [-0.4, -0.2) is 24.8 Å². The van der Waals surface area contributed by atoms with Gasteiger partial charge >= 0.3 is 5.97 Å². The Morgan fingerprint density at radius 3 is 2.37 bits per heavy atom. The summed E-state index contributed by atoms with van der Waals surface area (Å²) in [5.41, 5.74) is 0.660. The van der Waals surface area contributed by atoms with Crippen molar-refractivity contribution in [1.29, 1.82) is 0 Å². The van der Waals surface area contributed by atoms with Gasteiger partial charge in [-0.25, -0.2) is 0 Å². The molecule has 0 spiro atoms. The van der Waals surface area contributed by atoms with Crippen LogP contribution in [0.5, 0.6) is 0 Å². The van der Waals surface area contributed by atoms with Gasteiger partial charge in [0.1, 0.15) is 6.10 Å². The lowest BCUT2D eigenvalue weighted by Gasteiger charge is -2.17. The van der Waals surface area contributed by atoms with Crippen LogP contribution in [0, 0.1) is 0 Å². The van der Waals surface area contributed by atoms with E-state index in [1.54, 1.807) is 0 Å². The first kappa shape index (κ1) is 15.9. The van der Waals surface area contributed by atoms with Gasteiger partial charge in [0.15, 0.2) is 0 Å². The summed E-state index contributed by atoms with van der Waals surface area (Å²) in [4.78, 5) is 10.8. The maximum atomic E-state index is 11.0. The highest BCUT2D eigenvalue weighted by Gasteiger charge is 2.16. The lowest BCUT2D eigenvalue weighted by atomic mass is 10.1. The SMILES string of the molecule is CC(=O)OC(CCCCl)c1ccc(S(=O)(=O)O)cc1. The molecular formula is C12H15ClO5S. The third-order valence-corrected chi connectivity index (χ3v) is 3.59. The van der Waals surface area contributed by atoms with E-state index in [-0.39, 0.29) is 4.90 Å². The van der Waals surface area contributed by atoms with Crippen LogP contribution >= 0.6 is 11.6 Å². The number of alkyl halides is 1. The largest absolute Gasteiger partial charge is 0.458 e. The first-order valence-corrected chi connectivity index (χ1v) is 7.62. The average molecular weight is 307 g/mol. The number of hydrogen-bond donors (Lipinski definition) is 1.